The Balaban J connectivity index is 0.00000242. The third kappa shape index (κ3) is 5.00. The third-order valence-corrected chi connectivity index (χ3v) is 3.85. The van der Waals surface area contributed by atoms with Crippen molar-refractivity contribution in [1.29, 1.82) is 0 Å². The molecular weight excluding hydrogens is 304 g/mol. The topological polar surface area (TPSA) is 81.4 Å². The number of nitrogens with two attached hydrogens (primary N) is 1. The SMILES string of the molecule is CCOC(=O)c1ccc(NC(=O)C[C@@H]2CCC[C@H]2N)cc1.Cl. The molecule has 0 aliphatic heterocycles. The van der Waals surface area contributed by atoms with Crippen LogP contribution in [0.2, 0.25) is 0 Å². The Bertz CT molecular complexity index is 505. The molecule has 1 fully saturated rings. The van der Waals surface area contributed by atoms with Gasteiger partial charge in [-0.1, -0.05) is 6.42 Å². The van der Waals surface area contributed by atoms with Crippen LogP contribution in [0, 0.1) is 5.92 Å². The van der Waals surface area contributed by atoms with Gasteiger partial charge in [0.05, 0.1) is 12.2 Å². The van der Waals surface area contributed by atoms with Gasteiger partial charge >= 0.3 is 5.97 Å². The molecule has 1 aromatic carbocycles. The Morgan fingerprint density at radius 2 is 1.95 bits per heavy atom. The Hall–Kier alpha value is -1.59. The van der Waals surface area contributed by atoms with Gasteiger partial charge in [-0.05, 0) is 49.9 Å². The zero-order valence-electron chi connectivity index (χ0n) is 12.7. The van der Waals surface area contributed by atoms with Crippen molar-refractivity contribution in [3.63, 3.8) is 0 Å². The highest BCUT2D eigenvalue weighted by Crippen LogP contribution is 2.27. The van der Waals surface area contributed by atoms with Gasteiger partial charge in [-0.15, -0.1) is 12.4 Å². The number of esters is 1. The number of nitrogens with one attached hydrogen (secondary N) is 1. The Morgan fingerprint density at radius 1 is 1.27 bits per heavy atom. The molecule has 0 saturated heterocycles. The van der Waals surface area contributed by atoms with Crippen LogP contribution in [0.25, 0.3) is 0 Å². The molecule has 1 saturated carbocycles. The molecule has 0 radical (unpaired) electrons. The minimum absolute atomic E-state index is 0. The van der Waals surface area contributed by atoms with Crippen molar-refractivity contribution in [2.45, 2.75) is 38.6 Å². The number of amides is 1. The van der Waals surface area contributed by atoms with Crippen LogP contribution in [-0.4, -0.2) is 24.5 Å². The van der Waals surface area contributed by atoms with Crippen LogP contribution in [0.5, 0.6) is 0 Å². The van der Waals surface area contributed by atoms with Crippen molar-refractivity contribution < 1.29 is 14.3 Å². The van der Waals surface area contributed by atoms with E-state index in [4.69, 9.17) is 10.5 Å². The van der Waals surface area contributed by atoms with E-state index in [1.807, 2.05) is 0 Å². The largest absolute Gasteiger partial charge is 0.462 e. The second-order valence-corrected chi connectivity index (χ2v) is 5.40. The van der Waals surface area contributed by atoms with E-state index in [2.05, 4.69) is 5.32 Å². The average molecular weight is 327 g/mol. The Labute approximate surface area is 137 Å². The molecule has 0 aromatic heterocycles. The summed E-state index contributed by atoms with van der Waals surface area (Å²) in [5, 5.41) is 2.84. The molecule has 1 aliphatic carbocycles. The van der Waals surface area contributed by atoms with Gasteiger partial charge < -0.3 is 15.8 Å². The predicted octanol–water partition coefficient (Wildman–Crippen LogP) is 2.74. The summed E-state index contributed by atoms with van der Waals surface area (Å²) in [7, 11) is 0. The normalized spacial score (nSPS) is 20.1. The quantitative estimate of drug-likeness (QED) is 0.815. The molecule has 1 aromatic rings. The molecule has 0 spiro atoms. The molecule has 2 atom stereocenters. The van der Waals surface area contributed by atoms with Gasteiger partial charge in [0.1, 0.15) is 0 Å². The molecule has 6 heteroatoms. The maximum absolute atomic E-state index is 12.0. The first-order valence-electron chi connectivity index (χ1n) is 7.42. The van der Waals surface area contributed by atoms with Gasteiger partial charge in [0.2, 0.25) is 5.91 Å². The van der Waals surface area contributed by atoms with Crippen molar-refractivity contribution in [2.75, 3.05) is 11.9 Å². The fourth-order valence-electron chi connectivity index (χ4n) is 2.67. The van der Waals surface area contributed by atoms with Crippen molar-refractivity contribution in [1.82, 2.24) is 0 Å². The van der Waals surface area contributed by atoms with Gasteiger partial charge in [0.25, 0.3) is 0 Å². The number of hydrogen-bond acceptors (Lipinski definition) is 4. The summed E-state index contributed by atoms with van der Waals surface area (Å²) in [6.45, 7) is 2.11. The molecule has 0 unspecified atom stereocenters. The van der Waals surface area contributed by atoms with Gasteiger partial charge in [-0.2, -0.15) is 0 Å². The van der Waals surface area contributed by atoms with Crippen LogP contribution < -0.4 is 11.1 Å². The summed E-state index contributed by atoms with van der Waals surface area (Å²) in [4.78, 5) is 23.5. The number of carbonyl (C=O) groups excluding carboxylic acids is 2. The number of halogens is 1. The molecule has 0 bridgehead atoms. The van der Waals surface area contributed by atoms with Crippen LogP contribution >= 0.6 is 12.4 Å². The average Bonchev–Trinajstić information content (AvgIpc) is 2.85. The van der Waals surface area contributed by atoms with Gasteiger partial charge in [-0.3, -0.25) is 4.79 Å². The maximum Gasteiger partial charge on any atom is 0.338 e. The number of hydrogen-bond donors (Lipinski definition) is 2. The molecule has 1 amide bonds. The lowest BCUT2D eigenvalue weighted by molar-refractivity contribution is -0.117. The fourth-order valence-corrected chi connectivity index (χ4v) is 2.67. The van der Waals surface area contributed by atoms with Crippen LogP contribution in [0.15, 0.2) is 24.3 Å². The first kappa shape index (κ1) is 18.5. The highest BCUT2D eigenvalue weighted by molar-refractivity contribution is 5.93. The number of carbonyl (C=O) groups is 2. The number of anilines is 1. The molecule has 2 rings (SSSR count). The molecule has 0 heterocycles. The van der Waals surface area contributed by atoms with Crippen LogP contribution in [0.1, 0.15) is 43.0 Å². The lowest BCUT2D eigenvalue weighted by Crippen LogP contribution is -2.28. The second kappa shape index (κ2) is 8.76. The zero-order chi connectivity index (χ0) is 15.2. The maximum atomic E-state index is 12.0. The molecule has 122 valence electrons. The van der Waals surface area contributed by atoms with Crippen molar-refractivity contribution in [3.8, 4) is 0 Å². The van der Waals surface area contributed by atoms with Gasteiger partial charge in [0.15, 0.2) is 0 Å². The van der Waals surface area contributed by atoms with E-state index < -0.39 is 0 Å². The van der Waals surface area contributed by atoms with Crippen molar-refractivity contribution in [2.24, 2.45) is 11.7 Å². The van der Waals surface area contributed by atoms with Crippen LogP contribution in [-0.2, 0) is 9.53 Å². The van der Waals surface area contributed by atoms with Crippen LogP contribution in [0.3, 0.4) is 0 Å². The zero-order valence-corrected chi connectivity index (χ0v) is 13.5. The number of ether oxygens (including phenoxy) is 1. The standard InChI is InChI=1S/C16H22N2O3.ClH/c1-2-21-16(20)11-6-8-13(9-7-11)18-15(19)10-12-4-3-5-14(12)17;/h6-9,12,14H,2-5,10,17H2,1H3,(H,18,19);1H/t12-,14+;/m0./s1. The van der Waals surface area contributed by atoms with Gasteiger partial charge in [0, 0.05) is 18.2 Å². The first-order valence-corrected chi connectivity index (χ1v) is 7.42. The lowest BCUT2D eigenvalue weighted by Gasteiger charge is -2.14. The van der Waals surface area contributed by atoms with Crippen LogP contribution in [0.4, 0.5) is 5.69 Å². The summed E-state index contributed by atoms with van der Waals surface area (Å²) in [5.41, 5.74) is 7.13. The molecular formula is C16H23ClN2O3. The van der Waals surface area contributed by atoms with E-state index in [9.17, 15) is 9.59 Å². The monoisotopic (exact) mass is 326 g/mol. The second-order valence-electron chi connectivity index (χ2n) is 5.40. The van der Waals surface area contributed by atoms with E-state index in [-0.39, 0.29) is 36.2 Å². The predicted molar refractivity (Wildman–Crippen MR) is 88.2 cm³/mol. The highest BCUT2D eigenvalue weighted by atomic mass is 35.5. The van der Waals surface area contributed by atoms with E-state index in [0.717, 1.165) is 19.3 Å². The summed E-state index contributed by atoms with van der Waals surface area (Å²) in [6, 6.07) is 6.85. The summed E-state index contributed by atoms with van der Waals surface area (Å²) >= 11 is 0. The van der Waals surface area contributed by atoms with E-state index in [1.54, 1.807) is 31.2 Å². The molecule has 5 nitrogen and oxygen atoms in total. The number of benzene rings is 1. The van der Waals surface area contributed by atoms with E-state index in [0.29, 0.717) is 24.3 Å². The highest BCUT2D eigenvalue weighted by Gasteiger charge is 2.25. The summed E-state index contributed by atoms with van der Waals surface area (Å²) < 4.78 is 4.91. The number of rotatable bonds is 5. The van der Waals surface area contributed by atoms with Crippen molar-refractivity contribution in [3.05, 3.63) is 29.8 Å². The van der Waals surface area contributed by atoms with E-state index in [1.165, 1.54) is 0 Å². The minimum Gasteiger partial charge on any atom is -0.462 e. The first-order chi connectivity index (χ1) is 10.1. The minimum atomic E-state index is -0.354. The lowest BCUT2D eigenvalue weighted by atomic mass is 10.00. The molecule has 3 N–H and O–H groups in total. The van der Waals surface area contributed by atoms with Gasteiger partial charge in [-0.25, -0.2) is 4.79 Å². The Kier molecular flexibility index (Phi) is 7.35. The Morgan fingerprint density at radius 3 is 2.50 bits per heavy atom. The third-order valence-electron chi connectivity index (χ3n) is 3.85. The summed E-state index contributed by atoms with van der Waals surface area (Å²) in [5.74, 6) is -0.0997. The fraction of sp³-hybridized carbons (Fsp3) is 0.500. The van der Waals surface area contributed by atoms with Crippen molar-refractivity contribution >= 4 is 30.0 Å². The molecule has 22 heavy (non-hydrogen) atoms. The summed E-state index contributed by atoms with van der Waals surface area (Å²) in [6.07, 6.45) is 3.59. The molecule has 1 aliphatic rings. The smallest absolute Gasteiger partial charge is 0.338 e. The van der Waals surface area contributed by atoms with E-state index >= 15 is 0 Å².